The van der Waals surface area contributed by atoms with Gasteiger partial charge in [-0.25, -0.2) is 9.07 Å². The highest BCUT2D eigenvalue weighted by Crippen LogP contribution is 2.14. The standard InChI is InChI=1S/C9H8FN3/c10-7-3-1-2-4-8(7)13-9(11)5-6-12-13/h1-6H,11H2. The van der Waals surface area contributed by atoms with Gasteiger partial charge in [-0.1, -0.05) is 12.1 Å². The number of hydrogen-bond acceptors (Lipinski definition) is 2. The molecule has 1 aromatic carbocycles. The number of halogens is 1. The third-order valence-corrected chi connectivity index (χ3v) is 1.75. The molecule has 0 bridgehead atoms. The number of nitrogen functional groups attached to an aromatic ring is 1. The second-order valence-electron chi connectivity index (χ2n) is 2.62. The summed E-state index contributed by atoms with van der Waals surface area (Å²) >= 11 is 0. The van der Waals surface area contributed by atoms with E-state index in [1.165, 1.54) is 16.9 Å². The molecule has 66 valence electrons. The maximum absolute atomic E-state index is 13.2. The van der Waals surface area contributed by atoms with Crippen molar-refractivity contribution in [3.8, 4) is 5.69 Å². The molecule has 0 radical (unpaired) electrons. The van der Waals surface area contributed by atoms with Gasteiger partial charge in [0.1, 0.15) is 17.3 Å². The van der Waals surface area contributed by atoms with Crippen LogP contribution >= 0.6 is 0 Å². The summed E-state index contributed by atoms with van der Waals surface area (Å²) in [6.07, 6.45) is 1.53. The van der Waals surface area contributed by atoms with Crippen LogP contribution in [0.1, 0.15) is 0 Å². The molecule has 4 heteroatoms. The molecule has 2 aromatic rings. The van der Waals surface area contributed by atoms with Crippen LogP contribution < -0.4 is 5.73 Å². The van der Waals surface area contributed by atoms with E-state index in [1.807, 2.05) is 0 Å². The largest absolute Gasteiger partial charge is 0.384 e. The summed E-state index contributed by atoms with van der Waals surface area (Å²) in [4.78, 5) is 0. The number of benzene rings is 1. The van der Waals surface area contributed by atoms with Crippen LogP contribution in [0.15, 0.2) is 36.5 Å². The maximum Gasteiger partial charge on any atom is 0.148 e. The maximum atomic E-state index is 13.2. The fraction of sp³-hybridized carbons (Fsp3) is 0. The van der Waals surface area contributed by atoms with E-state index in [2.05, 4.69) is 5.10 Å². The molecule has 0 atom stereocenters. The zero-order chi connectivity index (χ0) is 9.26. The highest BCUT2D eigenvalue weighted by atomic mass is 19.1. The summed E-state index contributed by atoms with van der Waals surface area (Å²) in [7, 11) is 0. The van der Waals surface area contributed by atoms with Crippen molar-refractivity contribution < 1.29 is 4.39 Å². The third kappa shape index (κ3) is 1.26. The Morgan fingerprint density at radius 3 is 2.62 bits per heavy atom. The quantitative estimate of drug-likeness (QED) is 0.718. The molecule has 0 aliphatic rings. The van der Waals surface area contributed by atoms with Gasteiger partial charge in [0.05, 0.1) is 6.20 Å². The molecular formula is C9H8FN3. The first-order valence-electron chi connectivity index (χ1n) is 3.83. The van der Waals surface area contributed by atoms with Gasteiger partial charge < -0.3 is 5.73 Å². The molecule has 0 unspecified atom stereocenters. The number of aromatic nitrogens is 2. The normalized spacial score (nSPS) is 10.2. The van der Waals surface area contributed by atoms with Crippen LogP contribution in [-0.2, 0) is 0 Å². The van der Waals surface area contributed by atoms with E-state index in [0.717, 1.165) is 0 Å². The Morgan fingerprint density at radius 2 is 2.00 bits per heavy atom. The highest BCUT2D eigenvalue weighted by molar-refractivity contribution is 5.41. The zero-order valence-electron chi connectivity index (χ0n) is 6.81. The fourth-order valence-electron chi connectivity index (χ4n) is 1.14. The molecule has 3 nitrogen and oxygen atoms in total. The summed E-state index contributed by atoms with van der Waals surface area (Å²) in [6.45, 7) is 0. The minimum absolute atomic E-state index is 0.335. The van der Waals surface area contributed by atoms with E-state index in [9.17, 15) is 4.39 Å². The molecule has 0 fully saturated rings. The van der Waals surface area contributed by atoms with Crippen LogP contribution in [0.3, 0.4) is 0 Å². The van der Waals surface area contributed by atoms with E-state index >= 15 is 0 Å². The molecule has 2 rings (SSSR count). The van der Waals surface area contributed by atoms with Crippen molar-refractivity contribution in [2.45, 2.75) is 0 Å². The Labute approximate surface area is 74.6 Å². The second-order valence-corrected chi connectivity index (χ2v) is 2.62. The SMILES string of the molecule is Nc1ccnn1-c1ccccc1F. The van der Waals surface area contributed by atoms with Gasteiger partial charge in [-0.2, -0.15) is 5.10 Å². The lowest BCUT2D eigenvalue weighted by Crippen LogP contribution is -2.03. The van der Waals surface area contributed by atoms with Crippen molar-refractivity contribution in [3.05, 3.63) is 42.3 Å². The van der Waals surface area contributed by atoms with Crippen LogP contribution in [0, 0.1) is 5.82 Å². The van der Waals surface area contributed by atoms with E-state index in [0.29, 0.717) is 11.5 Å². The van der Waals surface area contributed by atoms with E-state index in [1.54, 1.807) is 24.3 Å². The van der Waals surface area contributed by atoms with Gasteiger partial charge >= 0.3 is 0 Å². The first-order valence-corrected chi connectivity index (χ1v) is 3.83. The Hall–Kier alpha value is -1.84. The van der Waals surface area contributed by atoms with Crippen molar-refractivity contribution in [2.75, 3.05) is 5.73 Å². The molecular weight excluding hydrogens is 169 g/mol. The molecule has 2 N–H and O–H groups in total. The van der Waals surface area contributed by atoms with Gasteiger partial charge in [0, 0.05) is 6.07 Å². The van der Waals surface area contributed by atoms with Crippen molar-refractivity contribution in [2.24, 2.45) is 0 Å². The number of anilines is 1. The van der Waals surface area contributed by atoms with E-state index in [4.69, 9.17) is 5.73 Å². The second kappa shape index (κ2) is 2.90. The summed E-state index contributed by atoms with van der Waals surface area (Å²) < 4.78 is 14.6. The average Bonchev–Trinajstić information content (AvgIpc) is 2.52. The van der Waals surface area contributed by atoms with E-state index in [-0.39, 0.29) is 5.82 Å². The first kappa shape index (κ1) is 7.79. The first-order chi connectivity index (χ1) is 6.29. The lowest BCUT2D eigenvalue weighted by molar-refractivity contribution is 0.612. The molecule has 1 aromatic heterocycles. The van der Waals surface area contributed by atoms with Gasteiger partial charge in [0.15, 0.2) is 0 Å². The van der Waals surface area contributed by atoms with Crippen molar-refractivity contribution >= 4 is 5.82 Å². The van der Waals surface area contributed by atoms with Crippen LogP contribution in [0.4, 0.5) is 10.2 Å². The summed E-state index contributed by atoms with van der Waals surface area (Å²) in [5.74, 6) is 0.0861. The van der Waals surface area contributed by atoms with Gasteiger partial charge in [-0.05, 0) is 12.1 Å². The summed E-state index contributed by atoms with van der Waals surface area (Å²) in [5.41, 5.74) is 5.94. The van der Waals surface area contributed by atoms with Gasteiger partial charge in [0.25, 0.3) is 0 Å². The fourth-order valence-corrected chi connectivity index (χ4v) is 1.14. The van der Waals surface area contributed by atoms with Crippen molar-refractivity contribution in [3.63, 3.8) is 0 Å². The minimum atomic E-state index is -0.335. The smallest absolute Gasteiger partial charge is 0.148 e. The lowest BCUT2D eigenvalue weighted by Gasteiger charge is -2.03. The number of nitrogens with two attached hydrogens (primary N) is 1. The molecule has 0 saturated heterocycles. The lowest BCUT2D eigenvalue weighted by atomic mass is 10.3. The molecule has 0 saturated carbocycles. The van der Waals surface area contributed by atoms with Crippen molar-refractivity contribution in [1.29, 1.82) is 0 Å². The third-order valence-electron chi connectivity index (χ3n) is 1.75. The molecule has 0 aliphatic carbocycles. The molecule has 13 heavy (non-hydrogen) atoms. The van der Waals surface area contributed by atoms with Crippen molar-refractivity contribution in [1.82, 2.24) is 9.78 Å². The number of rotatable bonds is 1. The van der Waals surface area contributed by atoms with Crippen LogP contribution in [0.2, 0.25) is 0 Å². The topological polar surface area (TPSA) is 43.8 Å². The Bertz CT molecular complexity index is 422. The molecule has 1 heterocycles. The van der Waals surface area contributed by atoms with Gasteiger partial charge in [0.2, 0.25) is 0 Å². The molecule has 0 spiro atoms. The van der Waals surface area contributed by atoms with Crippen LogP contribution in [-0.4, -0.2) is 9.78 Å². The number of nitrogens with zero attached hydrogens (tertiary/aromatic N) is 2. The van der Waals surface area contributed by atoms with Gasteiger partial charge in [-0.15, -0.1) is 0 Å². The Kier molecular flexibility index (Phi) is 1.73. The Morgan fingerprint density at radius 1 is 1.23 bits per heavy atom. The average molecular weight is 177 g/mol. The minimum Gasteiger partial charge on any atom is -0.384 e. The summed E-state index contributed by atoms with van der Waals surface area (Å²) in [5, 5.41) is 3.90. The van der Waals surface area contributed by atoms with Crippen LogP contribution in [0.25, 0.3) is 5.69 Å². The molecule has 0 amide bonds. The monoisotopic (exact) mass is 177 g/mol. The Balaban J connectivity index is 2.59. The van der Waals surface area contributed by atoms with Crippen LogP contribution in [0.5, 0.6) is 0 Å². The molecule has 0 aliphatic heterocycles. The number of hydrogen-bond donors (Lipinski definition) is 1. The predicted octanol–water partition coefficient (Wildman–Crippen LogP) is 1.59. The van der Waals surface area contributed by atoms with E-state index < -0.39 is 0 Å². The van der Waals surface area contributed by atoms with Gasteiger partial charge in [-0.3, -0.25) is 0 Å². The highest BCUT2D eigenvalue weighted by Gasteiger charge is 2.05. The number of para-hydroxylation sites is 1. The zero-order valence-corrected chi connectivity index (χ0v) is 6.81. The summed E-state index contributed by atoms with van der Waals surface area (Å²) in [6, 6.07) is 7.97. The predicted molar refractivity (Wildman–Crippen MR) is 47.9 cm³/mol.